The van der Waals surface area contributed by atoms with Crippen LogP contribution in [0.3, 0.4) is 0 Å². The van der Waals surface area contributed by atoms with Gasteiger partial charge in [0.1, 0.15) is 6.07 Å². The third kappa shape index (κ3) is 2.58. The number of nitriles is 1. The van der Waals surface area contributed by atoms with Crippen LogP contribution in [0.5, 0.6) is 0 Å². The number of thioether (sulfide) groups is 1. The topological polar surface area (TPSA) is 40.9 Å². The van der Waals surface area contributed by atoms with E-state index in [2.05, 4.69) is 6.07 Å². The zero-order chi connectivity index (χ0) is 14.0. The van der Waals surface area contributed by atoms with Gasteiger partial charge in [0.25, 0.3) is 0 Å². The second-order valence-corrected chi connectivity index (χ2v) is 6.30. The molecule has 0 N–H and O–H groups in total. The number of thiophene rings is 1. The number of Topliss-reactive ketones (excluding diaryl/α,β-unsaturated/α-hetero) is 1. The van der Waals surface area contributed by atoms with Crippen molar-refractivity contribution in [3.63, 3.8) is 0 Å². The molecule has 1 heterocycles. The molecule has 0 aliphatic carbocycles. The minimum Gasteiger partial charge on any atom is -0.294 e. The molecule has 2 nitrogen and oxygen atoms in total. The normalized spacial score (nSPS) is 10.2. The number of carbonyl (C=O) groups is 1. The number of rotatable bonds is 3. The summed E-state index contributed by atoms with van der Waals surface area (Å²) < 4.78 is 0.906. The van der Waals surface area contributed by atoms with Crippen molar-refractivity contribution in [1.29, 1.82) is 5.26 Å². The molecule has 4 heteroatoms. The number of carbonyl (C=O) groups excluding carboxylic acids is 1. The molecule has 0 unspecified atom stereocenters. The Morgan fingerprint density at radius 3 is 2.42 bits per heavy atom. The summed E-state index contributed by atoms with van der Waals surface area (Å²) in [4.78, 5) is 12.5. The van der Waals surface area contributed by atoms with Gasteiger partial charge in [-0.1, -0.05) is 29.8 Å². The summed E-state index contributed by atoms with van der Waals surface area (Å²) in [6.45, 7) is 3.57. The predicted octanol–water partition coefficient (Wildman–Crippen LogP) is 4.52. The summed E-state index contributed by atoms with van der Waals surface area (Å²) in [5.74, 6) is 0.0115. The Morgan fingerprint density at radius 2 is 1.95 bits per heavy atom. The molecule has 0 fully saturated rings. The highest BCUT2D eigenvalue weighted by Crippen LogP contribution is 2.41. The Kier molecular flexibility index (Phi) is 4.08. The minimum absolute atomic E-state index is 0.0115. The molecule has 0 bridgehead atoms. The van der Waals surface area contributed by atoms with Crippen molar-refractivity contribution < 1.29 is 4.79 Å². The van der Waals surface area contributed by atoms with E-state index < -0.39 is 0 Å². The van der Waals surface area contributed by atoms with Gasteiger partial charge in [0.15, 0.2) is 5.78 Å². The first-order chi connectivity index (χ1) is 9.08. The minimum atomic E-state index is 0.0115. The lowest BCUT2D eigenvalue weighted by Gasteiger charge is -2.03. The molecular weight excluding hydrogens is 274 g/mol. The molecule has 0 saturated heterocycles. The van der Waals surface area contributed by atoms with E-state index in [9.17, 15) is 10.1 Å². The highest BCUT2D eigenvalue weighted by Gasteiger charge is 2.21. The highest BCUT2D eigenvalue weighted by molar-refractivity contribution is 8.00. The molecule has 0 aliphatic rings. The van der Waals surface area contributed by atoms with Gasteiger partial charge in [-0.25, -0.2) is 0 Å². The van der Waals surface area contributed by atoms with Crippen LogP contribution in [-0.4, -0.2) is 12.0 Å². The Labute approximate surface area is 121 Å². The van der Waals surface area contributed by atoms with Crippen molar-refractivity contribution in [1.82, 2.24) is 0 Å². The van der Waals surface area contributed by atoms with E-state index in [1.165, 1.54) is 23.1 Å². The molecule has 0 aliphatic heterocycles. The van der Waals surface area contributed by atoms with E-state index in [-0.39, 0.29) is 5.78 Å². The zero-order valence-corrected chi connectivity index (χ0v) is 12.6. The molecule has 19 heavy (non-hydrogen) atoms. The quantitative estimate of drug-likeness (QED) is 0.615. The maximum atomic E-state index is 11.8. The first-order valence-electron chi connectivity index (χ1n) is 5.77. The first kappa shape index (κ1) is 13.9. The smallest absolute Gasteiger partial charge is 0.170 e. The average molecular weight is 287 g/mol. The second kappa shape index (κ2) is 5.60. The summed E-state index contributed by atoms with van der Waals surface area (Å²) in [7, 11) is 0. The van der Waals surface area contributed by atoms with Gasteiger partial charge in [0.05, 0.1) is 14.6 Å². The molecule has 96 valence electrons. The Hall–Kier alpha value is -1.57. The monoisotopic (exact) mass is 287 g/mol. The third-order valence-electron chi connectivity index (χ3n) is 2.83. The molecule has 2 aromatic rings. The Balaban J connectivity index is 2.73. The molecular formula is C15H13NOS2. The van der Waals surface area contributed by atoms with Gasteiger partial charge >= 0.3 is 0 Å². The first-order valence-corrected chi connectivity index (χ1v) is 7.81. The zero-order valence-electron chi connectivity index (χ0n) is 11.0. The van der Waals surface area contributed by atoms with E-state index >= 15 is 0 Å². The van der Waals surface area contributed by atoms with Crippen LogP contribution in [0.1, 0.15) is 27.7 Å². The number of nitrogens with zero attached hydrogens (tertiary/aromatic N) is 1. The fourth-order valence-electron chi connectivity index (χ4n) is 1.90. The summed E-state index contributed by atoms with van der Waals surface area (Å²) >= 11 is 2.92. The second-order valence-electron chi connectivity index (χ2n) is 4.21. The van der Waals surface area contributed by atoms with E-state index in [1.807, 2.05) is 37.4 Å². The average Bonchev–Trinajstić information content (AvgIpc) is 2.78. The van der Waals surface area contributed by atoms with Crippen LogP contribution in [0, 0.1) is 18.3 Å². The lowest BCUT2D eigenvalue weighted by molar-refractivity contribution is 0.102. The number of benzene rings is 1. The van der Waals surface area contributed by atoms with Gasteiger partial charge in [-0.15, -0.1) is 23.1 Å². The van der Waals surface area contributed by atoms with Crippen LogP contribution < -0.4 is 0 Å². The third-order valence-corrected chi connectivity index (χ3v) is 5.24. The molecule has 0 saturated carbocycles. The van der Waals surface area contributed by atoms with Crippen molar-refractivity contribution in [2.24, 2.45) is 0 Å². The standard InChI is InChI=1S/C15H13NOS2/c1-9-4-6-11(7-5-9)13-12(8-16)15(18-3)19-14(13)10(2)17/h4-7H,1-3H3. The van der Waals surface area contributed by atoms with Crippen LogP contribution in [0.2, 0.25) is 0 Å². The van der Waals surface area contributed by atoms with E-state index in [4.69, 9.17) is 0 Å². The van der Waals surface area contributed by atoms with Gasteiger partial charge in [-0.2, -0.15) is 5.26 Å². The van der Waals surface area contributed by atoms with Gasteiger partial charge in [-0.05, 0) is 25.7 Å². The summed E-state index contributed by atoms with van der Waals surface area (Å²) in [6, 6.07) is 10.2. The molecule has 0 atom stereocenters. The molecule has 0 spiro atoms. The van der Waals surface area contributed by atoms with Crippen LogP contribution in [0.4, 0.5) is 0 Å². The van der Waals surface area contributed by atoms with Gasteiger partial charge in [0, 0.05) is 5.56 Å². The van der Waals surface area contributed by atoms with Crippen LogP contribution in [-0.2, 0) is 0 Å². The van der Waals surface area contributed by atoms with Crippen LogP contribution in [0.15, 0.2) is 28.5 Å². The number of aryl methyl sites for hydroxylation is 1. The van der Waals surface area contributed by atoms with E-state index in [1.54, 1.807) is 6.92 Å². The fraction of sp³-hybridized carbons (Fsp3) is 0.200. The van der Waals surface area contributed by atoms with Crippen molar-refractivity contribution >= 4 is 28.9 Å². The van der Waals surface area contributed by atoms with Crippen molar-refractivity contribution in [3.05, 3.63) is 40.3 Å². The van der Waals surface area contributed by atoms with E-state index in [0.717, 1.165) is 20.9 Å². The number of hydrogen-bond acceptors (Lipinski definition) is 4. The van der Waals surface area contributed by atoms with Gasteiger partial charge < -0.3 is 0 Å². The summed E-state index contributed by atoms with van der Waals surface area (Å²) in [6.07, 6.45) is 1.93. The number of hydrogen-bond donors (Lipinski definition) is 0. The summed E-state index contributed by atoms with van der Waals surface area (Å²) in [5.41, 5.74) is 3.49. The van der Waals surface area contributed by atoms with Crippen molar-refractivity contribution in [3.8, 4) is 17.2 Å². The maximum Gasteiger partial charge on any atom is 0.170 e. The predicted molar refractivity (Wildman–Crippen MR) is 81.0 cm³/mol. The fourth-order valence-corrected chi connectivity index (χ4v) is 3.74. The largest absolute Gasteiger partial charge is 0.294 e. The highest BCUT2D eigenvalue weighted by atomic mass is 32.2. The van der Waals surface area contributed by atoms with Crippen LogP contribution >= 0.6 is 23.1 Å². The molecule has 1 aromatic carbocycles. The van der Waals surface area contributed by atoms with Crippen LogP contribution in [0.25, 0.3) is 11.1 Å². The van der Waals surface area contributed by atoms with E-state index in [0.29, 0.717) is 10.4 Å². The summed E-state index contributed by atoms with van der Waals surface area (Å²) in [5, 5.41) is 9.37. The van der Waals surface area contributed by atoms with Gasteiger partial charge in [0.2, 0.25) is 0 Å². The number of ketones is 1. The van der Waals surface area contributed by atoms with Crippen molar-refractivity contribution in [2.45, 2.75) is 18.1 Å². The SMILES string of the molecule is CSc1sc(C(C)=O)c(-c2ccc(C)cc2)c1C#N. The molecule has 1 aromatic heterocycles. The Morgan fingerprint density at radius 1 is 1.32 bits per heavy atom. The van der Waals surface area contributed by atoms with Crippen molar-refractivity contribution in [2.75, 3.05) is 6.26 Å². The lowest BCUT2D eigenvalue weighted by atomic mass is 10.00. The molecule has 2 rings (SSSR count). The van der Waals surface area contributed by atoms with Gasteiger partial charge in [-0.3, -0.25) is 4.79 Å². The lowest BCUT2D eigenvalue weighted by Crippen LogP contribution is -1.92. The molecule has 0 amide bonds. The Bertz CT molecular complexity index is 663. The molecule has 0 radical (unpaired) electrons. The maximum absolute atomic E-state index is 11.8.